The van der Waals surface area contributed by atoms with Gasteiger partial charge in [-0.2, -0.15) is 0 Å². The van der Waals surface area contributed by atoms with E-state index >= 15 is 4.39 Å². The zero-order valence-corrected chi connectivity index (χ0v) is 21.7. The molecule has 0 amide bonds. The molecule has 2 aliphatic carbocycles. The molecule has 38 heavy (non-hydrogen) atoms. The van der Waals surface area contributed by atoms with Gasteiger partial charge >= 0.3 is 5.97 Å². The molecule has 200 valence electrons. The predicted molar refractivity (Wildman–Crippen MR) is 136 cm³/mol. The van der Waals surface area contributed by atoms with Crippen molar-refractivity contribution >= 4 is 15.8 Å². The Kier molecular flexibility index (Phi) is 6.85. The number of nitrogens with zero attached hydrogens (tertiary/aromatic N) is 1. The maximum atomic E-state index is 15.5. The fraction of sp³-hybridized carbons (Fsp3) is 0.357. The van der Waals surface area contributed by atoms with Crippen LogP contribution < -0.4 is 9.47 Å². The molecular weight excluding hydrogens is 516 g/mol. The number of carboxylic acid groups (broad SMARTS) is 1. The van der Waals surface area contributed by atoms with Crippen molar-refractivity contribution in [3.05, 3.63) is 76.5 Å². The molecule has 3 unspecified atom stereocenters. The van der Waals surface area contributed by atoms with Crippen LogP contribution in [0.5, 0.6) is 11.6 Å². The van der Waals surface area contributed by atoms with Gasteiger partial charge in [0.25, 0.3) is 0 Å². The van der Waals surface area contributed by atoms with E-state index in [2.05, 4.69) is 4.98 Å². The molecule has 0 aliphatic heterocycles. The van der Waals surface area contributed by atoms with Gasteiger partial charge in [-0.05, 0) is 67.1 Å². The van der Waals surface area contributed by atoms with Gasteiger partial charge in [0.2, 0.25) is 5.88 Å². The summed E-state index contributed by atoms with van der Waals surface area (Å²) in [7, 11) is -3.08. The van der Waals surface area contributed by atoms with Crippen LogP contribution >= 0.6 is 0 Å². The summed E-state index contributed by atoms with van der Waals surface area (Å²) in [6.07, 6.45) is 2.15. The quantitative estimate of drug-likeness (QED) is 0.370. The van der Waals surface area contributed by atoms with Crippen LogP contribution in [0.3, 0.4) is 0 Å². The minimum absolute atomic E-state index is 0.00733. The van der Waals surface area contributed by atoms with Gasteiger partial charge in [-0.1, -0.05) is 6.07 Å². The van der Waals surface area contributed by atoms with Gasteiger partial charge in [0.05, 0.1) is 23.8 Å². The molecule has 10 heteroatoms. The summed E-state index contributed by atoms with van der Waals surface area (Å²) in [4.78, 5) is 15.6. The van der Waals surface area contributed by atoms with E-state index in [1.54, 1.807) is 25.1 Å². The van der Waals surface area contributed by atoms with E-state index in [0.29, 0.717) is 29.8 Å². The molecule has 1 saturated carbocycles. The lowest BCUT2D eigenvalue weighted by atomic mass is 10.0. The van der Waals surface area contributed by atoms with Crippen molar-refractivity contribution in [3.63, 3.8) is 0 Å². The minimum atomic E-state index is -3.08. The number of ether oxygens (including phenoxy) is 2. The molecule has 7 nitrogen and oxygen atoms in total. The van der Waals surface area contributed by atoms with Crippen molar-refractivity contribution in [1.82, 2.24) is 4.98 Å². The summed E-state index contributed by atoms with van der Waals surface area (Å²) < 4.78 is 63.8. The lowest BCUT2D eigenvalue weighted by molar-refractivity contribution is -0.139. The van der Waals surface area contributed by atoms with Gasteiger partial charge in [0.1, 0.15) is 33.8 Å². The van der Waals surface area contributed by atoms with E-state index in [1.165, 1.54) is 12.1 Å². The highest BCUT2D eigenvalue weighted by atomic mass is 32.2. The van der Waals surface area contributed by atoms with Gasteiger partial charge in [-0.25, -0.2) is 22.2 Å². The van der Waals surface area contributed by atoms with Crippen LogP contribution in [-0.2, 0) is 27.7 Å². The number of carbonyl (C=O) groups is 1. The molecule has 3 aromatic rings. The zero-order chi connectivity index (χ0) is 27.2. The van der Waals surface area contributed by atoms with E-state index < -0.39 is 27.4 Å². The lowest BCUT2D eigenvalue weighted by Crippen LogP contribution is -2.09. The largest absolute Gasteiger partial charge is 0.489 e. The van der Waals surface area contributed by atoms with Gasteiger partial charge < -0.3 is 14.6 Å². The fourth-order valence-electron chi connectivity index (χ4n) is 5.31. The molecule has 1 fully saturated rings. The summed E-state index contributed by atoms with van der Waals surface area (Å²) in [5, 5.41) is 9.28. The predicted octanol–water partition coefficient (Wildman–Crippen LogP) is 4.70. The molecule has 2 aliphatic rings. The second kappa shape index (κ2) is 9.98. The van der Waals surface area contributed by atoms with Crippen LogP contribution in [0.1, 0.15) is 34.7 Å². The molecular formula is C28H27F2NO6S. The van der Waals surface area contributed by atoms with Crippen molar-refractivity contribution in [2.24, 2.45) is 11.8 Å². The molecule has 0 spiro atoms. The van der Waals surface area contributed by atoms with Gasteiger partial charge in [0.15, 0.2) is 0 Å². The van der Waals surface area contributed by atoms with Crippen LogP contribution in [-0.4, -0.2) is 43.1 Å². The number of benzene rings is 2. The molecule has 1 heterocycles. The third kappa shape index (κ3) is 5.22. The van der Waals surface area contributed by atoms with Crippen LogP contribution in [0, 0.1) is 30.4 Å². The number of fused-ring (bicyclic) bond motifs is 3. The Labute approximate surface area is 219 Å². The first-order valence-corrected chi connectivity index (χ1v) is 14.3. The average Bonchev–Trinajstić information content (AvgIpc) is 3.44. The maximum absolute atomic E-state index is 15.5. The number of hydrogen-bond donors (Lipinski definition) is 1. The maximum Gasteiger partial charge on any atom is 0.307 e. The normalized spacial score (nSPS) is 19.5. The van der Waals surface area contributed by atoms with E-state index in [0.717, 1.165) is 17.4 Å². The number of carboxylic acids is 1. The summed E-state index contributed by atoms with van der Waals surface area (Å²) in [6, 6.07) is 11.1. The highest BCUT2D eigenvalue weighted by molar-refractivity contribution is 7.90. The third-order valence-corrected chi connectivity index (χ3v) is 8.24. The van der Waals surface area contributed by atoms with E-state index in [-0.39, 0.29) is 53.7 Å². The second-order valence-electron chi connectivity index (χ2n) is 9.91. The number of aliphatic carboxylic acids is 1. The Morgan fingerprint density at radius 3 is 2.58 bits per heavy atom. The Balaban J connectivity index is 1.27. The molecule has 1 N–H and O–H groups in total. The number of hydrogen-bond acceptors (Lipinski definition) is 6. The Bertz CT molecular complexity index is 1520. The van der Waals surface area contributed by atoms with Crippen molar-refractivity contribution in [2.45, 2.75) is 32.3 Å². The van der Waals surface area contributed by atoms with Gasteiger partial charge in [-0.15, -0.1) is 0 Å². The minimum Gasteiger partial charge on any atom is -0.489 e. The smallest absolute Gasteiger partial charge is 0.307 e. The third-order valence-electron chi connectivity index (χ3n) is 7.21. The fourth-order valence-corrected chi connectivity index (χ4v) is 5.95. The second-order valence-corrected chi connectivity index (χ2v) is 12.2. The number of pyridine rings is 1. The molecule has 0 saturated heterocycles. The Morgan fingerprint density at radius 1 is 1.11 bits per heavy atom. The summed E-state index contributed by atoms with van der Waals surface area (Å²) in [5.41, 5.74) is 2.94. The molecule has 5 rings (SSSR count). The summed E-state index contributed by atoms with van der Waals surface area (Å²) >= 11 is 0. The van der Waals surface area contributed by atoms with Crippen LogP contribution in [0.2, 0.25) is 0 Å². The van der Waals surface area contributed by atoms with E-state index in [1.807, 2.05) is 12.1 Å². The van der Waals surface area contributed by atoms with E-state index in [4.69, 9.17) is 9.47 Å². The number of aromatic nitrogens is 1. The monoisotopic (exact) mass is 543 g/mol. The first kappa shape index (κ1) is 26.1. The van der Waals surface area contributed by atoms with Crippen molar-refractivity contribution in [1.29, 1.82) is 0 Å². The van der Waals surface area contributed by atoms with Crippen molar-refractivity contribution in [2.75, 3.05) is 18.6 Å². The highest BCUT2D eigenvalue weighted by Gasteiger charge is 2.59. The molecule has 1 aromatic heterocycles. The average molecular weight is 544 g/mol. The first-order valence-electron chi connectivity index (χ1n) is 12.3. The number of sulfone groups is 1. The number of halogens is 2. The van der Waals surface area contributed by atoms with E-state index in [9.17, 15) is 22.7 Å². The molecule has 2 aromatic carbocycles. The van der Waals surface area contributed by atoms with Crippen LogP contribution in [0.25, 0.3) is 11.1 Å². The Hall–Kier alpha value is -3.53. The summed E-state index contributed by atoms with van der Waals surface area (Å²) in [5.74, 6) is -1.64. The molecule has 0 bridgehead atoms. The van der Waals surface area contributed by atoms with Gasteiger partial charge in [0, 0.05) is 35.1 Å². The van der Waals surface area contributed by atoms with Crippen molar-refractivity contribution in [3.8, 4) is 22.8 Å². The topological polar surface area (TPSA) is 103 Å². The zero-order valence-electron chi connectivity index (χ0n) is 20.9. The SMILES string of the molecule is Cc1nc(OCCCS(C)(=O)=O)ccc1-c1ccc(F)c(COc2ccc3c(c2)CC2C(C(=O)O)C32)c1F. The number of aryl methyl sites for hydroxylation is 1. The standard InChI is InChI=1S/C28H27F2NO6S/c1-15-18(7-9-24(31-15)36-10-3-11-38(2,34)35)20-6-8-23(29)22(27(20)30)14-37-17-4-5-19-16(12-17)13-21-25(19)26(21)28(32)33/h4-9,12,21,25-26H,3,10-11,13-14H2,1-2H3,(H,32,33). The highest BCUT2D eigenvalue weighted by Crippen LogP contribution is 2.61. The lowest BCUT2D eigenvalue weighted by Gasteiger charge is -2.14. The van der Waals surface area contributed by atoms with Crippen LogP contribution in [0.15, 0.2) is 42.5 Å². The summed E-state index contributed by atoms with van der Waals surface area (Å²) in [6.45, 7) is 1.54. The molecule has 0 radical (unpaired) electrons. The van der Waals surface area contributed by atoms with Gasteiger partial charge in [-0.3, -0.25) is 4.79 Å². The van der Waals surface area contributed by atoms with Crippen LogP contribution in [0.4, 0.5) is 8.78 Å². The molecule has 3 atom stereocenters. The number of rotatable bonds is 10. The first-order chi connectivity index (χ1) is 18.0. The Morgan fingerprint density at radius 2 is 1.87 bits per heavy atom. The van der Waals surface area contributed by atoms with Crippen molar-refractivity contribution < 1.29 is 36.6 Å².